The third-order valence-corrected chi connectivity index (χ3v) is 4.75. The van der Waals surface area contributed by atoms with Crippen molar-refractivity contribution in [2.24, 2.45) is 5.73 Å². The van der Waals surface area contributed by atoms with Gasteiger partial charge in [0.25, 0.3) is 0 Å². The number of aromatic nitrogens is 1. The summed E-state index contributed by atoms with van der Waals surface area (Å²) >= 11 is 12.6. The van der Waals surface area contributed by atoms with E-state index in [1.165, 1.54) is 5.56 Å². The second-order valence-electron chi connectivity index (χ2n) is 5.92. The molecule has 3 rings (SSSR count). The predicted molar refractivity (Wildman–Crippen MR) is 103 cm³/mol. The maximum Gasteiger partial charge on any atom is 0.115 e. The molecule has 0 aliphatic rings. The van der Waals surface area contributed by atoms with Crippen LogP contribution in [0.3, 0.4) is 0 Å². The lowest BCUT2D eigenvalue weighted by molar-refractivity contribution is 0.162. The van der Waals surface area contributed by atoms with Gasteiger partial charge in [-0.1, -0.05) is 65.2 Å². The molecule has 0 spiro atoms. The fraction of sp³-hybridized carbons (Fsp3) is 0.150. The van der Waals surface area contributed by atoms with Crippen molar-refractivity contribution in [3.05, 3.63) is 87.5 Å². The van der Waals surface area contributed by atoms with Crippen LogP contribution >= 0.6 is 23.2 Å². The molecule has 3 aromatic rings. The average molecular weight is 373 g/mol. The monoisotopic (exact) mass is 372 g/mol. The summed E-state index contributed by atoms with van der Waals surface area (Å²) in [7, 11) is 0. The van der Waals surface area contributed by atoms with Crippen molar-refractivity contribution in [2.75, 3.05) is 0 Å². The Morgan fingerprint density at radius 1 is 0.920 bits per heavy atom. The lowest BCUT2D eigenvalue weighted by Crippen LogP contribution is -2.29. The molecule has 2 unspecified atom stereocenters. The summed E-state index contributed by atoms with van der Waals surface area (Å²) in [6.07, 6.45) is -1.18. The number of aliphatic hydroxyl groups excluding tert-OH is 1. The minimum absolute atomic E-state index is 0.449. The molecule has 1 aromatic heterocycles. The van der Waals surface area contributed by atoms with E-state index in [1.807, 2.05) is 49.4 Å². The van der Waals surface area contributed by atoms with Gasteiger partial charge in [-0.2, -0.15) is 0 Å². The summed E-state index contributed by atoms with van der Waals surface area (Å²) in [5, 5.41) is 11.1. The number of aryl methyl sites for hydroxylation is 1. The van der Waals surface area contributed by atoms with Crippen molar-refractivity contribution in [1.82, 2.24) is 4.98 Å². The standard InChI is InChI=1S/C20H18Cl2N2O/c1-12-8-10-13(11-9-12)16-6-3-7-17(24-16)19(20(23)25)18-14(21)4-2-5-15(18)22/h2-11,19-20,25H,23H2,1H3. The molecule has 0 aliphatic carbocycles. The number of halogens is 2. The van der Waals surface area contributed by atoms with Crippen molar-refractivity contribution < 1.29 is 5.11 Å². The normalized spacial score (nSPS) is 13.5. The maximum atomic E-state index is 10.2. The molecule has 2 atom stereocenters. The van der Waals surface area contributed by atoms with Crippen LogP contribution in [-0.2, 0) is 0 Å². The second kappa shape index (κ2) is 7.54. The fourth-order valence-corrected chi connectivity index (χ4v) is 3.44. The topological polar surface area (TPSA) is 59.1 Å². The zero-order valence-electron chi connectivity index (χ0n) is 13.7. The zero-order chi connectivity index (χ0) is 18.0. The van der Waals surface area contributed by atoms with E-state index in [4.69, 9.17) is 33.9 Å². The Morgan fingerprint density at radius 3 is 2.12 bits per heavy atom. The van der Waals surface area contributed by atoms with Crippen LogP contribution in [0.5, 0.6) is 0 Å². The average Bonchev–Trinajstić information content (AvgIpc) is 2.58. The van der Waals surface area contributed by atoms with Crippen molar-refractivity contribution in [2.45, 2.75) is 19.1 Å². The van der Waals surface area contributed by atoms with Crippen LogP contribution in [-0.4, -0.2) is 16.3 Å². The first-order valence-corrected chi connectivity index (χ1v) is 8.64. The van der Waals surface area contributed by atoms with E-state index in [1.54, 1.807) is 18.2 Å². The van der Waals surface area contributed by atoms with E-state index in [-0.39, 0.29) is 0 Å². The largest absolute Gasteiger partial charge is 0.378 e. The van der Waals surface area contributed by atoms with Crippen molar-refractivity contribution in [3.63, 3.8) is 0 Å². The van der Waals surface area contributed by atoms with Gasteiger partial charge < -0.3 is 10.8 Å². The number of pyridine rings is 1. The van der Waals surface area contributed by atoms with Crippen molar-refractivity contribution >= 4 is 23.2 Å². The highest BCUT2D eigenvalue weighted by Gasteiger charge is 2.26. The van der Waals surface area contributed by atoms with E-state index in [9.17, 15) is 5.11 Å². The Hall–Kier alpha value is -1.91. The van der Waals surface area contributed by atoms with Crippen LogP contribution in [0.15, 0.2) is 60.7 Å². The number of benzene rings is 2. The Kier molecular flexibility index (Phi) is 5.40. The first-order chi connectivity index (χ1) is 12.0. The van der Waals surface area contributed by atoms with Gasteiger partial charge in [0.05, 0.1) is 17.3 Å². The Morgan fingerprint density at radius 2 is 1.52 bits per heavy atom. The molecule has 0 saturated heterocycles. The summed E-state index contributed by atoms with van der Waals surface area (Å²) in [6, 6.07) is 18.9. The van der Waals surface area contributed by atoms with Crippen LogP contribution in [0.25, 0.3) is 11.3 Å². The van der Waals surface area contributed by atoms with Gasteiger partial charge in [0, 0.05) is 21.2 Å². The smallest absolute Gasteiger partial charge is 0.115 e. The van der Waals surface area contributed by atoms with Crippen LogP contribution in [0.2, 0.25) is 10.0 Å². The van der Waals surface area contributed by atoms with Gasteiger partial charge in [0.15, 0.2) is 0 Å². The summed E-state index contributed by atoms with van der Waals surface area (Å²) in [6.45, 7) is 2.04. The highest BCUT2D eigenvalue weighted by molar-refractivity contribution is 6.36. The molecule has 0 bridgehead atoms. The molecular formula is C20H18Cl2N2O. The van der Waals surface area contributed by atoms with Gasteiger partial charge in [-0.15, -0.1) is 0 Å². The summed E-state index contributed by atoms with van der Waals surface area (Å²) in [5.74, 6) is -0.619. The van der Waals surface area contributed by atoms with E-state index in [0.717, 1.165) is 11.3 Å². The number of rotatable bonds is 4. The van der Waals surface area contributed by atoms with Crippen LogP contribution in [0, 0.1) is 6.92 Å². The van der Waals surface area contributed by atoms with E-state index < -0.39 is 12.1 Å². The van der Waals surface area contributed by atoms with Gasteiger partial charge in [0.2, 0.25) is 0 Å². The number of hydrogen-bond donors (Lipinski definition) is 2. The van der Waals surface area contributed by atoms with Crippen LogP contribution < -0.4 is 5.73 Å². The van der Waals surface area contributed by atoms with E-state index in [0.29, 0.717) is 21.3 Å². The third kappa shape index (κ3) is 3.86. The molecular weight excluding hydrogens is 355 g/mol. The lowest BCUT2D eigenvalue weighted by Gasteiger charge is -2.22. The van der Waals surface area contributed by atoms with Gasteiger partial charge in [0.1, 0.15) is 6.23 Å². The van der Waals surface area contributed by atoms with Gasteiger partial charge in [-0.05, 0) is 31.2 Å². The van der Waals surface area contributed by atoms with Crippen molar-refractivity contribution in [1.29, 1.82) is 0 Å². The summed E-state index contributed by atoms with van der Waals surface area (Å²) in [4.78, 5) is 4.70. The molecule has 0 fully saturated rings. The number of aliphatic hydroxyl groups is 1. The highest BCUT2D eigenvalue weighted by atomic mass is 35.5. The molecule has 3 nitrogen and oxygen atoms in total. The number of nitrogens with two attached hydrogens (primary N) is 1. The zero-order valence-corrected chi connectivity index (χ0v) is 15.2. The second-order valence-corrected chi connectivity index (χ2v) is 6.73. The number of hydrogen-bond acceptors (Lipinski definition) is 3. The molecule has 0 radical (unpaired) electrons. The first-order valence-electron chi connectivity index (χ1n) is 7.89. The molecule has 128 valence electrons. The van der Waals surface area contributed by atoms with E-state index in [2.05, 4.69) is 0 Å². The Balaban J connectivity index is 2.09. The van der Waals surface area contributed by atoms with Gasteiger partial charge in [-0.3, -0.25) is 4.98 Å². The summed E-state index contributed by atoms with van der Waals surface area (Å²) < 4.78 is 0. The van der Waals surface area contributed by atoms with Crippen molar-refractivity contribution in [3.8, 4) is 11.3 Å². The molecule has 0 saturated carbocycles. The fourth-order valence-electron chi connectivity index (χ4n) is 2.81. The van der Waals surface area contributed by atoms with Gasteiger partial charge >= 0.3 is 0 Å². The van der Waals surface area contributed by atoms with Gasteiger partial charge in [-0.25, -0.2) is 0 Å². The molecule has 0 aliphatic heterocycles. The minimum Gasteiger partial charge on any atom is -0.378 e. The third-order valence-electron chi connectivity index (χ3n) is 4.09. The number of nitrogens with zero attached hydrogens (tertiary/aromatic N) is 1. The summed E-state index contributed by atoms with van der Waals surface area (Å²) in [5.41, 5.74) is 10.0. The predicted octanol–water partition coefficient (Wildman–Crippen LogP) is 4.77. The molecule has 3 N–H and O–H groups in total. The maximum absolute atomic E-state index is 10.2. The molecule has 0 amide bonds. The highest BCUT2D eigenvalue weighted by Crippen LogP contribution is 2.36. The molecule has 25 heavy (non-hydrogen) atoms. The molecule has 5 heteroatoms. The van der Waals surface area contributed by atoms with Crippen LogP contribution in [0.1, 0.15) is 22.7 Å². The van der Waals surface area contributed by atoms with E-state index >= 15 is 0 Å². The Bertz CT molecular complexity index is 859. The quantitative estimate of drug-likeness (QED) is 0.648. The molecule has 1 heterocycles. The Labute approximate surface area is 157 Å². The minimum atomic E-state index is -1.18. The van der Waals surface area contributed by atoms with Crippen LogP contribution in [0.4, 0.5) is 0 Å². The SMILES string of the molecule is Cc1ccc(-c2cccc(C(c3c(Cl)cccc3Cl)C(N)O)n2)cc1. The first kappa shape index (κ1) is 17.9. The molecule has 2 aromatic carbocycles. The lowest BCUT2D eigenvalue weighted by atomic mass is 9.93.